The first kappa shape index (κ1) is 23.6. The van der Waals surface area contributed by atoms with Crippen molar-refractivity contribution in [1.29, 1.82) is 0 Å². The zero-order valence-corrected chi connectivity index (χ0v) is 20.2. The van der Waals surface area contributed by atoms with Crippen LogP contribution in [0.25, 0.3) is 0 Å². The topological polar surface area (TPSA) is 92.8 Å². The summed E-state index contributed by atoms with van der Waals surface area (Å²) in [4.78, 5) is 0.0475. The molecule has 0 bridgehead atoms. The van der Waals surface area contributed by atoms with Crippen LogP contribution in [0.3, 0.4) is 0 Å². The molecule has 0 atom stereocenters. The highest BCUT2D eigenvalue weighted by molar-refractivity contribution is 7.93. The number of nitrogens with zero attached hydrogens (tertiary/aromatic N) is 1. The molecule has 0 aliphatic rings. The molecule has 0 saturated heterocycles. The second-order valence-electron chi connectivity index (χ2n) is 7.57. The van der Waals surface area contributed by atoms with E-state index in [4.69, 9.17) is 4.74 Å². The van der Waals surface area contributed by atoms with Crippen LogP contribution < -0.4 is 13.8 Å². The molecule has 0 radical (unpaired) electrons. The number of sulfonamides is 2. The van der Waals surface area contributed by atoms with Crippen molar-refractivity contribution in [2.45, 2.75) is 25.7 Å². The van der Waals surface area contributed by atoms with Gasteiger partial charge in [0.2, 0.25) is 10.0 Å². The van der Waals surface area contributed by atoms with Crippen LogP contribution in [0.5, 0.6) is 11.5 Å². The first-order chi connectivity index (χ1) is 14.9. The summed E-state index contributed by atoms with van der Waals surface area (Å²) in [5.41, 5.74) is 2.11. The van der Waals surface area contributed by atoms with Gasteiger partial charge in [-0.05, 0) is 61.7 Å². The summed E-state index contributed by atoms with van der Waals surface area (Å²) in [5.74, 6) is 0.953. The molecule has 1 N–H and O–H groups in total. The molecule has 0 aliphatic heterocycles. The zero-order chi connectivity index (χ0) is 23.7. The summed E-state index contributed by atoms with van der Waals surface area (Å²) in [5, 5.41) is 0. The fraction of sp³-hybridized carbons (Fsp3) is 0.217. The highest BCUT2D eigenvalue weighted by atomic mass is 32.2. The number of nitrogens with one attached hydrogen (secondary N) is 1. The van der Waals surface area contributed by atoms with Crippen molar-refractivity contribution in [3.63, 3.8) is 0 Å². The number of anilines is 2. The van der Waals surface area contributed by atoms with E-state index in [1.807, 2.05) is 18.2 Å². The average molecular weight is 475 g/mol. The molecule has 7 nitrogen and oxygen atoms in total. The minimum absolute atomic E-state index is 0.0475. The molecule has 0 heterocycles. The Morgan fingerprint density at radius 1 is 0.844 bits per heavy atom. The lowest BCUT2D eigenvalue weighted by Gasteiger charge is -2.25. The maximum atomic E-state index is 13.7. The van der Waals surface area contributed by atoms with Crippen LogP contribution in [0.1, 0.15) is 16.7 Å². The van der Waals surface area contributed by atoms with Crippen molar-refractivity contribution in [3.8, 4) is 11.5 Å². The van der Waals surface area contributed by atoms with E-state index in [2.05, 4.69) is 4.72 Å². The number of aryl methyl sites for hydroxylation is 2. The van der Waals surface area contributed by atoms with Crippen LogP contribution in [-0.4, -0.2) is 30.1 Å². The molecule has 3 rings (SSSR count). The van der Waals surface area contributed by atoms with Gasteiger partial charge in [-0.15, -0.1) is 0 Å². The monoisotopic (exact) mass is 474 g/mol. The van der Waals surface area contributed by atoms with E-state index in [-0.39, 0.29) is 10.6 Å². The van der Waals surface area contributed by atoms with E-state index in [0.29, 0.717) is 33.9 Å². The predicted octanol–water partition coefficient (Wildman–Crippen LogP) is 4.60. The number of rotatable bonds is 7. The van der Waals surface area contributed by atoms with Gasteiger partial charge >= 0.3 is 0 Å². The van der Waals surface area contributed by atoms with E-state index in [1.165, 1.54) is 7.05 Å². The lowest BCUT2D eigenvalue weighted by molar-refractivity contribution is 0.483. The second-order valence-corrected chi connectivity index (χ2v) is 11.2. The molecule has 0 spiro atoms. The van der Waals surface area contributed by atoms with E-state index >= 15 is 0 Å². The number of para-hydroxylation sites is 3. The van der Waals surface area contributed by atoms with Crippen molar-refractivity contribution in [3.05, 3.63) is 77.4 Å². The molecule has 0 saturated carbocycles. The molecule has 0 unspecified atom stereocenters. The molecule has 0 aromatic heterocycles. The lowest BCUT2D eigenvalue weighted by atomic mass is 10.1. The van der Waals surface area contributed by atoms with Gasteiger partial charge in [-0.1, -0.05) is 36.4 Å². The van der Waals surface area contributed by atoms with Crippen LogP contribution >= 0.6 is 0 Å². The Morgan fingerprint density at radius 3 is 2.06 bits per heavy atom. The van der Waals surface area contributed by atoms with Crippen LogP contribution in [0, 0.1) is 20.8 Å². The van der Waals surface area contributed by atoms with Crippen molar-refractivity contribution in [1.82, 2.24) is 0 Å². The molecule has 0 aliphatic carbocycles. The third-order valence-corrected chi connectivity index (χ3v) is 7.62. The predicted molar refractivity (Wildman–Crippen MR) is 128 cm³/mol. The van der Waals surface area contributed by atoms with Gasteiger partial charge in [-0.3, -0.25) is 9.03 Å². The normalized spacial score (nSPS) is 11.8. The first-order valence-corrected chi connectivity index (χ1v) is 13.1. The van der Waals surface area contributed by atoms with Gasteiger partial charge in [0, 0.05) is 7.05 Å². The van der Waals surface area contributed by atoms with Crippen molar-refractivity contribution in [2.75, 3.05) is 22.3 Å². The summed E-state index contributed by atoms with van der Waals surface area (Å²) < 4.78 is 60.6. The summed E-state index contributed by atoms with van der Waals surface area (Å²) in [6.07, 6.45) is 1.03. The van der Waals surface area contributed by atoms with E-state index in [9.17, 15) is 16.8 Å². The van der Waals surface area contributed by atoms with E-state index in [1.54, 1.807) is 63.2 Å². The summed E-state index contributed by atoms with van der Waals surface area (Å²) in [6.45, 7) is 5.02. The molecular weight excluding hydrogens is 448 g/mol. The Kier molecular flexibility index (Phi) is 6.52. The largest absolute Gasteiger partial charge is 0.455 e. The lowest BCUT2D eigenvalue weighted by Crippen LogP contribution is -2.29. The van der Waals surface area contributed by atoms with Gasteiger partial charge < -0.3 is 4.74 Å². The van der Waals surface area contributed by atoms with Gasteiger partial charge in [-0.2, -0.15) is 0 Å². The smallest absolute Gasteiger partial charge is 0.264 e. The summed E-state index contributed by atoms with van der Waals surface area (Å²) >= 11 is 0. The van der Waals surface area contributed by atoms with Crippen LogP contribution in [0.4, 0.5) is 11.4 Å². The van der Waals surface area contributed by atoms with Crippen LogP contribution in [0.2, 0.25) is 0 Å². The Hall–Kier alpha value is -3.04. The quantitative estimate of drug-likeness (QED) is 0.540. The Balaban J connectivity index is 2.11. The maximum absolute atomic E-state index is 13.7. The fourth-order valence-corrected chi connectivity index (χ4v) is 5.92. The van der Waals surface area contributed by atoms with Gasteiger partial charge in [0.25, 0.3) is 10.0 Å². The second kappa shape index (κ2) is 8.84. The standard InChI is InChI=1S/C23H26N2O5S2/c1-16-15-17(2)23(18(3)22(16)24-31(5,26)27)32(28,29)25(4)20-13-9-10-14-21(20)30-19-11-7-6-8-12-19/h6-15,24H,1-5H3. The third-order valence-electron chi connectivity index (χ3n) is 4.98. The van der Waals surface area contributed by atoms with Gasteiger partial charge in [0.1, 0.15) is 5.75 Å². The van der Waals surface area contributed by atoms with E-state index < -0.39 is 20.0 Å². The average Bonchev–Trinajstić information content (AvgIpc) is 2.71. The molecule has 32 heavy (non-hydrogen) atoms. The summed E-state index contributed by atoms with van der Waals surface area (Å²) in [7, 11) is -6.18. The SMILES string of the molecule is Cc1cc(C)c(S(=O)(=O)N(C)c2ccccc2Oc2ccccc2)c(C)c1NS(C)(=O)=O. The highest BCUT2D eigenvalue weighted by Gasteiger charge is 2.29. The fourth-order valence-electron chi connectivity index (χ4n) is 3.59. The molecular formula is C23H26N2O5S2. The van der Waals surface area contributed by atoms with Crippen LogP contribution in [0.15, 0.2) is 65.6 Å². The van der Waals surface area contributed by atoms with Gasteiger partial charge in [0.15, 0.2) is 5.75 Å². The Bertz CT molecular complexity index is 1350. The van der Waals surface area contributed by atoms with Crippen molar-refractivity contribution >= 4 is 31.4 Å². The van der Waals surface area contributed by atoms with Crippen molar-refractivity contribution in [2.24, 2.45) is 0 Å². The third kappa shape index (κ3) is 4.89. The minimum atomic E-state index is -4.04. The molecule has 3 aromatic carbocycles. The number of hydrogen-bond acceptors (Lipinski definition) is 5. The zero-order valence-electron chi connectivity index (χ0n) is 18.6. The number of benzene rings is 3. The van der Waals surface area contributed by atoms with Gasteiger partial charge in [-0.25, -0.2) is 16.8 Å². The first-order valence-electron chi connectivity index (χ1n) is 9.81. The number of hydrogen-bond donors (Lipinski definition) is 1. The highest BCUT2D eigenvalue weighted by Crippen LogP contribution is 2.37. The minimum Gasteiger partial charge on any atom is -0.455 e. The van der Waals surface area contributed by atoms with Crippen molar-refractivity contribution < 1.29 is 21.6 Å². The molecule has 0 fully saturated rings. The summed E-state index contributed by atoms with van der Waals surface area (Å²) in [6, 6.07) is 17.6. The Labute approximate surface area is 189 Å². The molecule has 170 valence electrons. The molecule has 0 amide bonds. The maximum Gasteiger partial charge on any atom is 0.264 e. The molecule has 3 aromatic rings. The van der Waals surface area contributed by atoms with Crippen LogP contribution in [-0.2, 0) is 20.0 Å². The number of ether oxygens (including phenoxy) is 1. The van der Waals surface area contributed by atoms with E-state index in [0.717, 1.165) is 10.6 Å². The molecule has 9 heteroatoms. The Morgan fingerprint density at radius 2 is 1.44 bits per heavy atom. The van der Waals surface area contributed by atoms with Gasteiger partial charge in [0.05, 0.1) is 22.5 Å².